The van der Waals surface area contributed by atoms with Crippen LogP contribution in [0.25, 0.3) is 0 Å². The number of benzene rings is 1. The van der Waals surface area contributed by atoms with Gasteiger partial charge in [-0.05, 0) is 12.1 Å². The van der Waals surface area contributed by atoms with Crippen molar-refractivity contribution < 1.29 is 13.5 Å². The topological polar surface area (TPSA) is 39.1 Å². The molecule has 0 bridgehead atoms. The minimum atomic E-state index is -2.80. The summed E-state index contributed by atoms with van der Waals surface area (Å²) in [4.78, 5) is 0. The lowest BCUT2D eigenvalue weighted by atomic mass is 10.2. The SMILES string of the molecule is Cn1ccc(CCNCc2ccccc2OC(F)F)n1. The number of alkyl halides is 2. The Hall–Kier alpha value is -1.95. The Morgan fingerprint density at radius 3 is 2.80 bits per heavy atom. The summed E-state index contributed by atoms with van der Waals surface area (Å²) in [6.45, 7) is -1.60. The first-order chi connectivity index (χ1) is 9.65. The van der Waals surface area contributed by atoms with Crippen LogP contribution < -0.4 is 10.1 Å². The molecule has 0 amide bonds. The minimum absolute atomic E-state index is 0.216. The van der Waals surface area contributed by atoms with E-state index < -0.39 is 6.61 Å². The average molecular weight is 281 g/mol. The van der Waals surface area contributed by atoms with Gasteiger partial charge in [-0.2, -0.15) is 13.9 Å². The third kappa shape index (κ3) is 4.31. The van der Waals surface area contributed by atoms with Crippen LogP contribution >= 0.6 is 0 Å². The Bertz CT molecular complexity index is 543. The number of halogens is 2. The highest BCUT2D eigenvalue weighted by atomic mass is 19.3. The van der Waals surface area contributed by atoms with Gasteiger partial charge in [0.1, 0.15) is 5.75 Å². The van der Waals surface area contributed by atoms with Gasteiger partial charge in [-0.15, -0.1) is 0 Å². The lowest BCUT2D eigenvalue weighted by Gasteiger charge is -2.11. The zero-order chi connectivity index (χ0) is 14.4. The normalized spacial score (nSPS) is 11.0. The molecule has 4 nitrogen and oxygen atoms in total. The van der Waals surface area contributed by atoms with Crippen LogP contribution in [-0.2, 0) is 20.0 Å². The molecule has 6 heteroatoms. The summed E-state index contributed by atoms with van der Waals surface area (Å²) in [5.41, 5.74) is 1.71. The van der Waals surface area contributed by atoms with Gasteiger partial charge >= 0.3 is 6.61 Å². The Morgan fingerprint density at radius 1 is 1.30 bits per heavy atom. The van der Waals surface area contributed by atoms with Crippen molar-refractivity contribution in [2.75, 3.05) is 6.54 Å². The third-order valence-corrected chi connectivity index (χ3v) is 2.83. The van der Waals surface area contributed by atoms with Crippen molar-refractivity contribution in [1.82, 2.24) is 15.1 Å². The molecule has 0 unspecified atom stereocenters. The van der Waals surface area contributed by atoms with Crippen molar-refractivity contribution in [3.8, 4) is 5.75 Å². The molecule has 0 saturated heterocycles. The van der Waals surface area contributed by atoms with Crippen LogP contribution in [0.15, 0.2) is 36.5 Å². The second-order valence-electron chi connectivity index (χ2n) is 4.39. The highest BCUT2D eigenvalue weighted by Gasteiger charge is 2.08. The van der Waals surface area contributed by atoms with Crippen LogP contribution in [0.2, 0.25) is 0 Å². The smallest absolute Gasteiger partial charge is 0.387 e. The number of hydrogen-bond acceptors (Lipinski definition) is 3. The predicted molar refractivity (Wildman–Crippen MR) is 71.7 cm³/mol. The van der Waals surface area contributed by atoms with Crippen LogP contribution in [0.5, 0.6) is 5.75 Å². The van der Waals surface area contributed by atoms with E-state index >= 15 is 0 Å². The molecule has 0 saturated carbocycles. The first-order valence-corrected chi connectivity index (χ1v) is 6.37. The fraction of sp³-hybridized carbons (Fsp3) is 0.357. The van der Waals surface area contributed by atoms with E-state index in [1.165, 1.54) is 0 Å². The molecule has 1 N–H and O–H groups in total. The van der Waals surface area contributed by atoms with E-state index in [0.29, 0.717) is 12.1 Å². The maximum Gasteiger partial charge on any atom is 0.387 e. The van der Waals surface area contributed by atoms with Gasteiger partial charge in [-0.1, -0.05) is 18.2 Å². The van der Waals surface area contributed by atoms with Crippen molar-refractivity contribution in [3.05, 3.63) is 47.8 Å². The molecule has 0 radical (unpaired) electrons. The van der Waals surface area contributed by atoms with E-state index in [1.54, 1.807) is 28.9 Å². The molecule has 0 fully saturated rings. The number of nitrogens with zero attached hydrogens (tertiary/aromatic N) is 2. The summed E-state index contributed by atoms with van der Waals surface area (Å²) >= 11 is 0. The predicted octanol–water partition coefficient (Wildman–Crippen LogP) is 2.35. The van der Waals surface area contributed by atoms with E-state index in [1.807, 2.05) is 19.3 Å². The van der Waals surface area contributed by atoms with Crippen LogP contribution in [0, 0.1) is 0 Å². The Balaban J connectivity index is 1.81. The van der Waals surface area contributed by atoms with Gasteiger partial charge in [0.15, 0.2) is 0 Å². The maximum atomic E-state index is 12.3. The molecule has 2 rings (SSSR count). The molecule has 0 aliphatic heterocycles. The largest absolute Gasteiger partial charge is 0.434 e. The van der Waals surface area contributed by atoms with E-state index in [4.69, 9.17) is 0 Å². The quantitative estimate of drug-likeness (QED) is 0.792. The molecular weight excluding hydrogens is 264 g/mol. The first kappa shape index (κ1) is 14.5. The molecule has 0 spiro atoms. The monoisotopic (exact) mass is 281 g/mol. The highest BCUT2D eigenvalue weighted by molar-refractivity contribution is 5.33. The van der Waals surface area contributed by atoms with Crippen molar-refractivity contribution >= 4 is 0 Å². The van der Waals surface area contributed by atoms with Crippen molar-refractivity contribution in [2.24, 2.45) is 7.05 Å². The Labute approximate surface area is 116 Å². The summed E-state index contributed by atoms with van der Waals surface area (Å²) in [7, 11) is 1.87. The van der Waals surface area contributed by atoms with Gasteiger partial charge in [0.25, 0.3) is 0 Å². The number of hydrogen-bond donors (Lipinski definition) is 1. The standard InChI is InChI=1S/C14H17F2N3O/c1-19-9-7-12(18-19)6-8-17-10-11-4-2-3-5-13(11)20-14(15)16/h2-5,7,9,14,17H,6,8,10H2,1H3. The number of aryl methyl sites for hydroxylation is 1. The van der Waals surface area contributed by atoms with Crippen LogP contribution in [0.3, 0.4) is 0 Å². The number of rotatable bonds is 7. The Morgan fingerprint density at radius 2 is 2.10 bits per heavy atom. The van der Waals surface area contributed by atoms with Gasteiger partial charge < -0.3 is 10.1 Å². The van der Waals surface area contributed by atoms with Crippen molar-refractivity contribution in [2.45, 2.75) is 19.6 Å². The maximum absolute atomic E-state index is 12.3. The van der Waals surface area contributed by atoms with Gasteiger partial charge in [0.2, 0.25) is 0 Å². The second kappa shape index (κ2) is 7.00. The molecule has 0 atom stereocenters. The molecule has 2 aromatic rings. The zero-order valence-corrected chi connectivity index (χ0v) is 11.2. The van der Waals surface area contributed by atoms with Crippen LogP contribution in [0.4, 0.5) is 8.78 Å². The fourth-order valence-corrected chi connectivity index (χ4v) is 1.90. The zero-order valence-electron chi connectivity index (χ0n) is 11.2. The summed E-state index contributed by atoms with van der Waals surface area (Å²) in [5.74, 6) is 0.216. The van der Waals surface area contributed by atoms with Crippen LogP contribution in [0.1, 0.15) is 11.3 Å². The minimum Gasteiger partial charge on any atom is -0.434 e. The molecule has 108 valence electrons. The summed E-state index contributed by atoms with van der Waals surface area (Å²) in [6, 6.07) is 8.74. The van der Waals surface area contributed by atoms with E-state index in [0.717, 1.165) is 18.7 Å². The molecule has 1 aromatic carbocycles. The molecule has 0 aliphatic rings. The lowest BCUT2D eigenvalue weighted by Crippen LogP contribution is -2.18. The summed E-state index contributed by atoms with van der Waals surface area (Å²) < 4.78 is 30.7. The van der Waals surface area contributed by atoms with Gasteiger partial charge in [0.05, 0.1) is 5.69 Å². The highest BCUT2D eigenvalue weighted by Crippen LogP contribution is 2.19. The third-order valence-electron chi connectivity index (χ3n) is 2.83. The van der Waals surface area contributed by atoms with Crippen molar-refractivity contribution in [1.29, 1.82) is 0 Å². The van der Waals surface area contributed by atoms with Gasteiger partial charge in [-0.3, -0.25) is 4.68 Å². The average Bonchev–Trinajstić information content (AvgIpc) is 2.81. The van der Waals surface area contributed by atoms with E-state index in [2.05, 4.69) is 15.2 Å². The number of nitrogens with one attached hydrogen (secondary N) is 1. The molecule has 1 heterocycles. The van der Waals surface area contributed by atoms with E-state index in [9.17, 15) is 8.78 Å². The number of aromatic nitrogens is 2. The molecule has 0 aliphatic carbocycles. The van der Waals surface area contributed by atoms with E-state index in [-0.39, 0.29) is 5.75 Å². The van der Waals surface area contributed by atoms with Crippen LogP contribution in [-0.4, -0.2) is 22.9 Å². The first-order valence-electron chi connectivity index (χ1n) is 6.37. The fourth-order valence-electron chi connectivity index (χ4n) is 1.90. The van der Waals surface area contributed by atoms with Crippen molar-refractivity contribution in [3.63, 3.8) is 0 Å². The number of ether oxygens (including phenoxy) is 1. The summed E-state index contributed by atoms with van der Waals surface area (Å²) in [5, 5.41) is 7.46. The second-order valence-corrected chi connectivity index (χ2v) is 4.39. The molecule has 20 heavy (non-hydrogen) atoms. The number of para-hydroxylation sites is 1. The van der Waals surface area contributed by atoms with Gasteiger partial charge in [-0.25, -0.2) is 0 Å². The molecular formula is C14H17F2N3O. The Kier molecular flexibility index (Phi) is 5.06. The molecule has 1 aromatic heterocycles. The summed E-state index contributed by atoms with van der Waals surface area (Å²) in [6.07, 6.45) is 2.68. The lowest BCUT2D eigenvalue weighted by molar-refractivity contribution is -0.0504. The van der Waals surface area contributed by atoms with Gasteiger partial charge in [0, 0.05) is 38.3 Å².